The number of hydrogen-bond donors (Lipinski definition) is 3. The molecule has 0 radical (unpaired) electrons. The fourth-order valence-corrected chi connectivity index (χ4v) is 4.21. The van der Waals surface area contributed by atoms with Gasteiger partial charge in [-0.05, 0) is 42.4 Å². The molecule has 0 aliphatic carbocycles. The van der Waals surface area contributed by atoms with Crippen LogP contribution in [0.3, 0.4) is 0 Å². The Kier molecular flexibility index (Phi) is 6.70. The summed E-state index contributed by atoms with van der Waals surface area (Å²) in [6, 6.07) is 8.64. The quantitative estimate of drug-likeness (QED) is 0.415. The summed E-state index contributed by atoms with van der Waals surface area (Å²) < 4.78 is 20.3. The largest absolute Gasteiger partial charge is 0.490 e. The lowest BCUT2D eigenvalue weighted by molar-refractivity contribution is -0.117. The number of aliphatic hydroxyl groups excluding tert-OH is 1. The van der Waals surface area contributed by atoms with Crippen LogP contribution in [0.25, 0.3) is 0 Å². The first-order chi connectivity index (χ1) is 14.1. The van der Waals surface area contributed by atoms with Crippen LogP contribution < -0.4 is 26.1 Å². The van der Waals surface area contributed by atoms with Gasteiger partial charge >= 0.3 is 0 Å². The first-order valence-electron chi connectivity index (χ1n) is 9.80. The van der Waals surface area contributed by atoms with E-state index in [-0.39, 0.29) is 31.8 Å². The van der Waals surface area contributed by atoms with Crippen LogP contribution in [0.15, 0.2) is 30.3 Å². The molecule has 1 aliphatic heterocycles. The number of benzene rings is 2. The minimum atomic E-state index is -1.49. The van der Waals surface area contributed by atoms with E-state index >= 15 is 0 Å². The van der Waals surface area contributed by atoms with Crippen molar-refractivity contribution >= 4 is 39.4 Å². The van der Waals surface area contributed by atoms with E-state index in [1.807, 2.05) is 20.8 Å². The molecule has 6 nitrogen and oxygen atoms in total. The maximum Gasteiger partial charge on any atom is 0.221 e. The van der Waals surface area contributed by atoms with Gasteiger partial charge in [-0.3, -0.25) is 4.79 Å². The van der Waals surface area contributed by atoms with Gasteiger partial charge in [-0.15, -0.1) is 9.24 Å². The van der Waals surface area contributed by atoms with Crippen molar-refractivity contribution in [1.82, 2.24) is 0 Å². The Bertz CT molecular complexity index is 938. The number of rotatable bonds is 6. The summed E-state index contributed by atoms with van der Waals surface area (Å²) in [5.41, 5.74) is 6.50. The zero-order chi connectivity index (χ0) is 22.1. The van der Waals surface area contributed by atoms with Gasteiger partial charge in [0.2, 0.25) is 5.91 Å². The second-order valence-electron chi connectivity index (χ2n) is 8.03. The summed E-state index contributed by atoms with van der Waals surface area (Å²) in [5, 5.41) is 22.5. The highest BCUT2D eigenvalue weighted by atomic mass is 31.0. The molecule has 30 heavy (non-hydrogen) atoms. The van der Waals surface area contributed by atoms with Crippen molar-refractivity contribution in [3.05, 3.63) is 47.3 Å². The number of nitrogens with zero attached hydrogens (tertiary/aromatic N) is 1. The fraction of sp³-hybridized carbons (Fsp3) is 0.381. The molecule has 3 rings (SSSR count). The summed E-state index contributed by atoms with van der Waals surface area (Å²) in [7, 11) is 4.37. The molecule has 160 valence electrons. The number of halogens is 1. The van der Waals surface area contributed by atoms with E-state index < -0.39 is 17.6 Å². The monoisotopic (exact) mass is 432 g/mol. The molecule has 0 spiro atoms. The van der Waals surface area contributed by atoms with E-state index in [0.29, 0.717) is 23.5 Å². The minimum Gasteiger partial charge on any atom is -0.490 e. The number of piperidine rings is 1. The van der Waals surface area contributed by atoms with Crippen LogP contribution in [-0.2, 0) is 11.2 Å². The van der Waals surface area contributed by atoms with Gasteiger partial charge in [0.05, 0.1) is 12.1 Å². The lowest BCUT2D eigenvalue weighted by Gasteiger charge is -2.43. The molecule has 0 bridgehead atoms. The molecule has 3 atom stereocenters. The van der Waals surface area contributed by atoms with Crippen molar-refractivity contribution in [2.24, 2.45) is 5.73 Å². The molecule has 1 amide bonds. The van der Waals surface area contributed by atoms with E-state index in [4.69, 9.17) is 10.5 Å². The number of β-amino-alcohol motifs (C(OH)–C–C–N with tert-alkyl or cyclic N) is 1. The molecule has 4 N–H and O–H groups in total. The lowest BCUT2D eigenvalue weighted by atomic mass is 9.86. The summed E-state index contributed by atoms with van der Waals surface area (Å²) in [4.78, 5) is 13.1. The molecule has 1 aliphatic rings. The molecule has 1 saturated heterocycles. The Balaban J connectivity index is 1.72. The van der Waals surface area contributed by atoms with Crippen LogP contribution in [0.5, 0.6) is 5.75 Å². The number of carbonyl (C=O) groups is 1. The molecular formula is C21H27BFN2O4P. The van der Waals surface area contributed by atoms with Gasteiger partial charge < -0.3 is 25.6 Å². The van der Waals surface area contributed by atoms with Gasteiger partial charge in [0.1, 0.15) is 37.7 Å². The Morgan fingerprint density at radius 1 is 1.43 bits per heavy atom. The average Bonchev–Trinajstić information content (AvgIpc) is 2.63. The number of aliphatic hydroxyl groups is 2. The van der Waals surface area contributed by atoms with Gasteiger partial charge in [0.15, 0.2) is 0 Å². The number of aryl methyl sites for hydroxylation is 1. The third-order valence-electron chi connectivity index (χ3n) is 5.47. The topological polar surface area (TPSA) is 96.0 Å². The highest BCUT2D eigenvalue weighted by Gasteiger charge is 2.42. The summed E-state index contributed by atoms with van der Waals surface area (Å²) in [6.07, 6.45) is -0.918. The van der Waals surface area contributed by atoms with Crippen molar-refractivity contribution in [2.75, 3.05) is 24.6 Å². The van der Waals surface area contributed by atoms with Crippen molar-refractivity contribution in [3.8, 4) is 5.75 Å². The smallest absolute Gasteiger partial charge is 0.221 e. The Morgan fingerprint density at radius 3 is 2.80 bits per heavy atom. The molecule has 9 heteroatoms. The van der Waals surface area contributed by atoms with Crippen molar-refractivity contribution in [2.45, 2.75) is 31.5 Å². The fourth-order valence-electron chi connectivity index (χ4n) is 3.91. The average molecular weight is 432 g/mol. The van der Waals surface area contributed by atoms with Crippen LogP contribution in [-0.4, -0.2) is 55.4 Å². The number of hydrogen-bond acceptors (Lipinski definition) is 5. The first-order valence-corrected chi connectivity index (χ1v) is 10.4. The molecule has 1 fully saturated rings. The van der Waals surface area contributed by atoms with Gasteiger partial charge in [0.25, 0.3) is 0 Å². The molecule has 0 saturated carbocycles. The molecular weight excluding hydrogens is 405 g/mol. The number of anilines is 1. The molecule has 1 unspecified atom stereocenters. The van der Waals surface area contributed by atoms with Crippen LogP contribution in [0.1, 0.15) is 17.5 Å². The second kappa shape index (κ2) is 8.92. The maximum absolute atomic E-state index is 14.5. The van der Waals surface area contributed by atoms with Crippen LogP contribution in [0, 0.1) is 12.7 Å². The predicted octanol–water partition coefficient (Wildman–Crippen LogP) is -0.698. The lowest BCUT2D eigenvalue weighted by Crippen LogP contribution is -2.59. The van der Waals surface area contributed by atoms with E-state index in [9.17, 15) is 19.4 Å². The van der Waals surface area contributed by atoms with Gasteiger partial charge in [0, 0.05) is 18.7 Å². The molecule has 0 aromatic heterocycles. The summed E-state index contributed by atoms with van der Waals surface area (Å²) >= 11 is 0. The van der Waals surface area contributed by atoms with Gasteiger partial charge in [-0.1, -0.05) is 17.6 Å². The molecule has 2 aromatic rings. The van der Waals surface area contributed by atoms with E-state index in [2.05, 4.69) is 9.24 Å². The number of nitrogens with two attached hydrogens (primary N) is 1. The zero-order valence-corrected chi connectivity index (χ0v) is 18.3. The minimum absolute atomic E-state index is 0.0122. The second-order valence-corrected chi connectivity index (χ2v) is 8.69. The van der Waals surface area contributed by atoms with E-state index in [0.717, 1.165) is 16.3 Å². The van der Waals surface area contributed by atoms with Gasteiger partial charge in [-0.2, -0.15) is 0 Å². The number of ether oxygens (including phenoxy) is 1. The number of primary amides is 1. The Labute approximate surface area is 178 Å². The Hall–Kier alpha value is -2.15. The molecule has 2 aromatic carbocycles. The van der Waals surface area contributed by atoms with E-state index in [1.165, 1.54) is 6.07 Å². The van der Waals surface area contributed by atoms with Crippen LogP contribution in [0.4, 0.5) is 10.1 Å². The highest BCUT2D eigenvalue weighted by Crippen LogP contribution is 2.29. The standard InChI is InChI=1S/C21H27BFN2O4P/c1-12-6-15(22)20(16(23)7-12)25-5-4-21(28,18(26)10-25)11-29-17-3-2-14(30)8-13(17)9-19(24)27/h2-3,6-8,18,26,28H,4-5,9-11,22,30H2,1H3,(H2,24,27)/t18-,21-/m1/s1. The normalized spacial score (nSPS) is 21.5. The third-order valence-corrected chi connectivity index (χ3v) is 5.83. The number of amides is 1. The SMILES string of the molecule is Bc1cc(C)cc(F)c1N1CC[C@@](O)(COc2ccc(P)cc2CC(N)=O)[C@H](O)C1. The van der Waals surface area contributed by atoms with Crippen LogP contribution in [0.2, 0.25) is 0 Å². The number of carbonyl (C=O) groups excluding carboxylic acids is 1. The predicted molar refractivity (Wildman–Crippen MR) is 121 cm³/mol. The highest BCUT2D eigenvalue weighted by molar-refractivity contribution is 7.27. The Morgan fingerprint density at radius 2 is 2.17 bits per heavy atom. The summed E-state index contributed by atoms with van der Waals surface area (Å²) in [6.45, 7) is 2.13. The third kappa shape index (κ3) is 4.94. The maximum atomic E-state index is 14.5. The first kappa shape index (κ1) is 22.5. The van der Waals surface area contributed by atoms with Crippen LogP contribution >= 0.6 is 9.24 Å². The molecule has 1 heterocycles. The van der Waals surface area contributed by atoms with Gasteiger partial charge in [-0.25, -0.2) is 4.39 Å². The zero-order valence-electron chi connectivity index (χ0n) is 17.2. The van der Waals surface area contributed by atoms with E-state index in [1.54, 1.807) is 23.1 Å². The summed E-state index contributed by atoms with van der Waals surface area (Å²) in [5.74, 6) is -0.392. The van der Waals surface area contributed by atoms with Crippen molar-refractivity contribution in [1.29, 1.82) is 0 Å². The van der Waals surface area contributed by atoms with Crippen molar-refractivity contribution in [3.63, 3.8) is 0 Å². The van der Waals surface area contributed by atoms with Crippen molar-refractivity contribution < 1.29 is 24.1 Å².